The van der Waals surface area contributed by atoms with Gasteiger partial charge in [0.15, 0.2) is 0 Å². The molecule has 35 heavy (non-hydrogen) atoms. The molecule has 7 heteroatoms. The molecular weight excluding hydrogens is 436 g/mol. The first-order valence-corrected chi connectivity index (χ1v) is 12.2. The number of hydrogen-bond donors (Lipinski definition) is 2. The smallest absolute Gasteiger partial charge is 0.319 e. The number of urea groups is 1. The molecule has 2 N–H and O–H groups in total. The van der Waals surface area contributed by atoms with Gasteiger partial charge >= 0.3 is 6.03 Å². The highest BCUT2D eigenvalue weighted by molar-refractivity contribution is 5.89. The first kappa shape index (κ1) is 24.4. The van der Waals surface area contributed by atoms with Crippen molar-refractivity contribution in [3.8, 4) is 5.82 Å². The lowest BCUT2D eigenvalue weighted by Gasteiger charge is -2.30. The highest BCUT2D eigenvalue weighted by Crippen LogP contribution is 2.25. The lowest BCUT2D eigenvalue weighted by Crippen LogP contribution is -2.38. The van der Waals surface area contributed by atoms with E-state index in [4.69, 9.17) is 0 Å². The Labute approximate surface area is 207 Å². The van der Waals surface area contributed by atoms with E-state index in [1.54, 1.807) is 18.6 Å². The predicted octanol–water partition coefficient (Wildman–Crippen LogP) is 5.40. The third-order valence-corrected chi connectivity index (χ3v) is 6.19. The number of aromatic nitrogens is 3. The summed E-state index contributed by atoms with van der Waals surface area (Å²) in [5, 5.41) is 6.92. The monoisotopic (exact) mass is 470 g/mol. The molecule has 0 spiro atoms. The predicted molar refractivity (Wildman–Crippen MR) is 142 cm³/mol. The molecule has 0 saturated carbocycles. The number of para-hydroxylation sites is 1. The van der Waals surface area contributed by atoms with Crippen molar-refractivity contribution < 1.29 is 4.79 Å². The summed E-state index contributed by atoms with van der Waals surface area (Å²) in [4.78, 5) is 23.5. The van der Waals surface area contributed by atoms with Crippen LogP contribution in [-0.2, 0) is 13.0 Å². The zero-order chi connectivity index (χ0) is 24.8. The van der Waals surface area contributed by atoms with Crippen LogP contribution in [-0.4, -0.2) is 44.1 Å². The zero-order valence-corrected chi connectivity index (χ0v) is 20.9. The van der Waals surface area contributed by atoms with Gasteiger partial charge in [-0.3, -0.25) is 9.88 Å². The Hall–Kier alpha value is -3.71. The van der Waals surface area contributed by atoms with Crippen molar-refractivity contribution in [3.05, 3.63) is 84.4 Å². The maximum Gasteiger partial charge on any atom is 0.319 e. The molecular formula is C28H34N6O. The lowest BCUT2D eigenvalue weighted by atomic mass is 10.1. The molecule has 7 nitrogen and oxygen atoms in total. The second-order valence-electron chi connectivity index (χ2n) is 9.29. The van der Waals surface area contributed by atoms with Gasteiger partial charge in [0.1, 0.15) is 5.82 Å². The van der Waals surface area contributed by atoms with Gasteiger partial charge in [-0.05, 0) is 69.5 Å². The number of rotatable bonds is 9. The molecule has 0 aliphatic carbocycles. The van der Waals surface area contributed by atoms with Crippen LogP contribution in [0.5, 0.6) is 0 Å². The van der Waals surface area contributed by atoms with Gasteiger partial charge in [-0.2, -0.15) is 0 Å². The summed E-state index contributed by atoms with van der Waals surface area (Å²) in [6.07, 6.45) is 8.29. The molecule has 0 radical (unpaired) electrons. The standard InChI is InChI=1S/C28H34N6O/c1-20(2)33(21(3)4)15-13-23-19-34(26-10-6-5-9-25(23)26)27-12-11-24(18-30-27)32-28(35)31-17-22-8-7-14-29-16-22/h5-12,14,16,18-21H,13,15,17H2,1-4H3,(H2,31,32,35). The van der Waals surface area contributed by atoms with Crippen molar-refractivity contribution in [2.75, 3.05) is 11.9 Å². The molecule has 0 aliphatic heterocycles. The highest BCUT2D eigenvalue weighted by atomic mass is 16.2. The van der Waals surface area contributed by atoms with Crippen LogP contribution in [0, 0.1) is 0 Å². The van der Waals surface area contributed by atoms with E-state index in [2.05, 4.69) is 88.2 Å². The SMILES string of the molecule is CC(C)N(CCc1cn(-c2ccc(NC(=O)NCc3cccnc3)cn2)c2ccccc12)C(C)C. The molecule has 4 aromatic rings. The Kier molecular flexibility index (Phi) is 7.77. The van der Waals surface area contributed by atoms with Gasteiger partial charge in [0.05, 0.1) is 17.4 Å². The maximum absolute atomic E-state index is 12.3. The fraction of sp³-hybridized carbons (Fsp3) is 0.321. The van der Waals surface area contributed by atoms with Gasteiger partial charge in [-0.15, -0.1) is 0 Å². The van der Waals surface area contributed by atoms with E-state index in [0.29, 0.717) is 24.3 Å². The third kappa shape index (κ3) is 6.05. The molecule has 0 atom stereocenters. The van der Waals surface area contributed by atoms with Crippen molar-refractivity contribution in [1.82, 2.24) is 24.8 Å². The first-order valence-electron chi connectivity index (χ1n) is 12.2. The second-order valence-corrected chi connectivity index (χ2v) is 9.29. The number of carbonyl (C=O) groups is 1. The van der Waals surface area contributed by atoms with Crippen molar-refractivity contribution >= 4 is 22.6 Å². The van der Waals surface area contributed by atoms with Crippen LogP contribution in [0.15, 0.2) is 73.3 Å². The number of amides is 2. The number of fused-ring (bicyclic) bond motifs is 1. The minimum atomic E-state index is -0.281. The number of nitrogens with zero attached hydrogens (tertiary/aromatic N) is 4. The average Bonchev–Trinajstić information content (AvgIpc) is 3.22. The van der Waals surface area contributed by atoms with Crippen LogP contribution in [0.3, 0.4) is 0 Å². The number of anilines is 1. The number of hydrogen-bond acceptors (Lipinski definition) is 4. The van der Waals surface area contributed by atoms with Crippen molar-refractivity contribution in [3.63, 3.8) is 0 Å². The van der Waals surface area contributed by atoms with Gasteiger partial charge < -0.3 is 15.2 Å². The average molecular weight is 471 g/mol. The molecule has 0 aliphatic rings. The minimum Gasteiger partial charge on any atom is -0.334 e. The van der Waals surface area contributed by atoms with Crippen molar-refractivity contribution in [1.29, 1.82) is 0 Å². The maximum atomic E-state index is 12.3. The molecule has 182 valence electrons. The fourth-order valence-corrected chi connectivity index (χ4v) is 4.46. The summed E-state index contributed by atoms with van der Waals surface area (Å²) in [6, 6.07) is 16.8. The minimum absolute atomic E-state index is 0.281. The second kappa shape index (κ2) is 11.1. The lowest BCUT2D eigenvalue weighted by molar-refractivity contribution is 0.177. The fourth-order valence-electron chi connectivity index (χ4n) is 4.46. The van der Waals surface area contributed by atoms with Crippen LogP contribution >= 0.6 is 0 Å². The first-order chi connectivity index (χ1) is 16.9. The van der Waals surface area contributed by atoms with Gasteiger partial charge in [-0.25, -0.2) is 9.78 Å². The summed E-state index contributed by atoms with van der Waals surface area (Å²) < 4.78 is 2.13. The van der Waals surface area contributed by atoms with Gasteiger partial charge in [-0.1, -0.05) is 24.3 Å². The van der Waals surface area contributed by atoms with E-state index >= 15 is 0 Å². The van der Waals surface area contributed by atoms with E-state index in [-0.39, 0.29) is 6.03 Å². The number of pyridine rings is 2. The molecule has 0 unspecified atom stereocenters. The molecule has 0 bridgehead atoms. The Morgan fingerprint density at radius 1 is 1.00 bits per heavy atom. The molecule has 0 saturated heterocycles. The Bertz CT molecular complexity index is 1240. The number of carbonyl (C=O) groups excluding carboxylic acids is 1. The zero-order valence-electron chi connectivity index (χ0n) is 20.9. The molecule has 3 heterocycles. The quantitative estimate of drug-likeness (QED) is 0.343. The number of nitrogens with one attached hydrogen (secondary N) is 2. The Morgan fingerprint density at radius 2 is 1.80 bits per heavy atom. The molecule has 0 fully saturated rings. The van der Waals surface area contributed by atoms with Crippen LogP contribution in [0.25, 0.3) is 16.7 Å². The summed E-state index contributed by atoms with van der Waals surface area (Å²) in [7, 11) is 0. The van der Waals surface area contributed by atoms with E-state index in [0.717, 1.165) is 29.9 Å². The Balaban J connectivity index is 1.47. The molecule has 2 amide bonds. The summed E-state index contributed by atoms with van der Waals surface area (Å²) in [5.74, 6) is 0.818. The van der Waals surface area contributed by atoms with Crippen molar-refractivity contribution in [2.45, 2.75) is 52.7 Å². The third-order valence-electron chi connectivity index (χ3n) is 6.19. The van der Waals surface area contributed by atoms with E-state index in [1.165, 1.54) is 10.9 Å². The van der Waals surface area contributed by atoms with Crippen LogP contribution in [0.4, 0.5) is 10.5 Å². The van der Waals surface area contributed by atoms with E-state index in [9.17, 15) is 4.79 Å². The van der Waals surface area contributed by atoms with Gasteiger partial charge in [0.25, 0.3) is 0 Å². The summed E-state index contributed by atoms with van der Waals surface area (Å²) in [5.41, 5.74) is 4.02. The molecule has 4 rings (SSSR count). The molecule has 1 aromatic carbocycles. The summed E-state index contributed by atoms with van der Waals surface area (Å²) >= 11 is 0. The van der Waals surface area contributed by atoms with Crippen LogP contribution in [0.1, 0.15) is 38.8 Å². The topological polar surface area (TPSA) is 75.1 Å². The van der Waals surface area contributed by atoms with Gasteiger partial charge in [0, 0.05) is 49.1 Å². The highest BCUT2D eigenvalue weighted by Gasteiger charge is 2.16. The molecule has 3 aromatic heterocycles. The van der Waals surface area contributed by atoms with Gasteiger partial charge in [0.2, 0.25) is 0 Å². The van der Waals surface area contributed by atoms with Crippen LogP contribution < -0.4 is 10.6 Å². The van der Waals surface area contributed by atoms with E-state index < -0.39 is 0 Å². The largest absolute Gasteiger partial charge is 0.334 e. The Morgan fingerprint density at radius 3 is 2.49 bits per heavy atom. The van der Waals surface area contributed by atoms with Crippen molar-refractivity contribution in [2.24, 2.45) is 0 Å². The van der Waals surface area contributed by atoms with E-state index in [1.807, 2.05) is 24.3 Å². The van der Waals surface area contributed by atoms with Crippen LogP contribution in [0.2, 0.25) is 0 Å². The number of benzene rings is 1. The summed E-state index contributed by atoms with van der Waals surface area (Å²) in [6.45, 7) is 10.4. The normalized spacial score (nSPS) is 11.5.